The summed E-state index contributed by atoms with van der Waals surface area (Å²) in [5, 5.41) is 5.64. The first-order valence-corrected chi connectivity index (χ1v) is 4.09. The van der Waals surface area contributed by atoms with E-state index in [0.717, 1.165) is 0 Å². The Morgan fingerprint density at radius 2 is 2.33 bits per heavy atom. The van der Waals surface area contributed by atoms with Gasteiger partial charge in [0.05, 0.1) is 6.54 Å². The highest BCUT2D eigenvalue weighted by Gasteiger charge is 2.31. The quantitative estimate of drug-likeness (QED) is 0.658. The third-order valence-electron chi connectivity index (χ3n) is 1.99. The summed E-state index contributed by atoms with van der Waals surface area (Å²) in [5.41, 5.74) is 0. The fourth-order valence-electron chi connectivity index (χ4n) is 1.31. The van der Waals surface area contributed by atoms with Gasteiger partial charge < -0.3 is 10.6 Å². The molecule has 4 heteroatoms. The van der Waals surface area contributed by atoms with Crippen molar-refractivity contribution in [1.29, 1.82) is 0 Å². The Kier molecular flexibility index (Phi) is 3.03. The molecule has 1 heterocycles. The van der Waals surface area contributed by atoms with Crippen molar-refractivity contribution >= 4 is 0 Å². The van der Waals surface area contributed by atoms with Crippen molar-refractivity contribution < 1.29 is 8.78 Å². The zero-order valence-electron chi connectivity index (χ0n) is 6.95. The highest BCUT2D eigenvalue weighted by atomic mass is 19.3. The number of alkyl halides is 2. The topological polar surface area (TPSA) is 24.1 Å². The molecule has 0 amide bonds. The van der Waals surface area contributed by atoms with Gasteiger partial charge in [-0.1, -0.05) is 6.58 Å². The van der Waals surface area contributed by atoms with Crippen LogP contribution in [0.25, 0.3) is 0 Å². The highest BCUT2D eigenvalue weighted by Crippen LogP contribution is 2.22. The summed E-state index contributed by atoms with van der Waals surface area (Å²) >= 11 is 0. The Balaban J connectivity index is 2.39. The SMILES string of the molecule is C=CNC1CCC(F)(F)CNC1. The largest absolute Gasteiger partial charge is 0.387 e. The monoisotopic (exact) mass is 176 g/mol. The zero-order chi connectivity index (χ0) is 9.03. The molecule has 0 aromatic carbocycles. The minimum atomic E-state index is -2.54. The summed E-state index contributed by atoms with van der Waals surface area (Å²) in [6, 6.07) is 0.0934. The smallest absolute Gasteiger partial charge is 0.260 e. The lowest BCUT2D eigenvalue weighted by Crippen LogP contribution is -2.35. The lowest BCUT2D eigenvalue weighted by molar-refractivity contribution is -0.00217. The maximum Gasteiger partial charge on any atom is 0.260 e. The second kappa shape index (κ2) is 3.85. The van der Waals surface area contributed by atoms with Crippen LogP contribution in [0.3, 0.4) is 0 Å². The first kappa shape index (κ1) is 9.45. The van der Waals surface area contributed by atoms with Gasteiger partial charge in [-0.05, 0) is 12.6 Å². The van der Waals surface area contributed by atoms with Crippen LogP contribution in [-0.4, -0.2) is 25.1 Å². The molecule has 0 aliphatic carbocycles. The molecule has 0 bridgehead atoms. The number of hydrogen-bond acceptors (Lipinski definition) is 2. The van der Waals surface area contributed by atoms with Crippen molar-refractivity contribution in [1.82, 2.24) is 10.6 Å². The van der Waals surface area contributed by atoms with E-state index < -0.39 is 5.92 Å². The second-order valence-electron chi connectivity index (χ2n) is 3.09. The molecule has 0 aromatic heterocycles. The highest BCUT2D eigenvalue weighted by molar-refractivity contribution is 4.84. The molecule has 0 aromatic rings. The summed E-state index contributed by atoms with van der Waals surface area (Å²) in [7, 11) is 0. The average Bonchev–Trinajstić information content (AvgIpc) is 2.14. The molecule has 1 rings (SSSR count). The van der Waals surface area contributed by atoms with Crippen LogP contribution in [-0.2, 0) is 0 Å². The van der Waals surface area contributed by atoms with Crippen LogP contribution in [0.1, 0.15) is 12.8 Å². The van der Waals surface area contributed by atoms with E-state index >= 15 is 0 Å². The Morgan fingerprint density at radius 1 is 1.58 bits per heavy atom. The summed E-state index contributed by atoms with van der Waals surface area (Å²) in [4.78, 5) is 0. The van der Waals surface area contributed by atoms with Gasteiger partial charge in [0.1, 0.15) is 0 Å². The van der Waals surface area contributed by atoms with Gasteiger partial charge in [0.2, 0.25) is 0 Å². The van der Waals surface area contributed by atoms with Crippen LogP contribution in [0.2, 0.25) is 0 Å². The molecule has 70 valence electrons. The van der Waals surface area contributed by atoms with Crippen LogP contribution in [0.15, 0.2) is 12.8 Å². The first-order valence-electron chi connectivity index (χ1n) is 4.09. The van der Waals surface area contributed by atoms with Crippen molar-refractivity contribution in [3.8, 4) is 0 Å². The molecule has 2 N–H and O–H groups in total. The van der Waals surface area contributed by atoms with Gasteiger partial charge in [0.15, 0.2) is 0 Å². The maximum absolute atomic E-state index is 12.8. The number of rotatable bonds is 2. The minimum absolute atomic E-state index is 0.0501. The van der Waals surface area contributed by atoms with Gasteiger partial charge in [-0.15, -0.1) is 0 Å². The fraction of sp³-hybridized carbons (Fsp3) is 0.750. The summed E-state index contributed by atoms with van der Waals surface area (Å²) in [6.45, 7) is 3.87. The lowest BCUT2D eigenvalue weighted by atomic mass is 10.1. The predicted octanol–water partition coefficient (Wildman–Crippen LogP) is 1.11. The molecule has 1 atom stereocenters. The first-order chi connectivity index (χ1) is 5.64. The number of halogens is 2. The van der Waals surface area contributed by atoms with Crippen LogP contribution in [0, 0.1) is 0 Å². The normalized spacial score (nSPS) is 29.0. The molecule has 1 aliphatic heterocycles. The average molecular weight is 176 g/mol. The van der Waals surface area contributed by atoms with Crippen molar-refractivity contribution in [3.63, 3.8) is 0 Å². The van der Waals surface area contributed by atoms with E-state index in [1.165, 1.54) is 0 Å². The van der Waals surface area contributed by atoms with E-state index in [1.807, 2.05) is 0 Å². The van der Waals surface area contributed by atoms with Gasteiger partial charge in [-0.25, -0.2) is 8.78 Å². The fourth-order valence-corrected chi connectivity index (χ4v) is 1.31. The van der Waals surface area contributed by atoms with Gasteiger partial charge >= 0.3 is 0 Å². The standard InChI is InChI=1S/C8H14F2N2/c1-2-12-7-3-4-8(9,10)6-11-5-7/h2,7,11-12H,1,3-6H2. The third kappa shape index (κ3) is 2.77. The van der Waals surface area contributed by atoms with E-state index in [4.69, 9.17) is 0 Å². The zero-order valence-corrected chi connectivity index (χ0v) is 6.95. The van der Waals surface area contributed by atoms with E-state index in [9.17, 15) is 8.78 Å². The van der Waals surface area contributed by atoms with Crippen LogP contribution in [0.5, 0.6) is 0 Å². The number of nitrogens with one attached hydrogen (secondary N) is 2. The molecule has 1 unspecified atom stereocenters. The molecule has 0 radical (unpaired) electrons. The van der Waals surface area contributed by atoms with E-state index in [0.29, 0.717) is 13.0 Å². The Bertz CT molecular complexity index is 159. The van der Waals surface area contributed by atoms with Crippen molar-refractivity contribution in [2.75, 3.05) is 13.1 Å². The summed E-state index contributed by atoms with van der Waals surface area (Å²) in [6.07, 6.45) is 1.99. The molecule has 2 nitrogen and oxygen atoms in total. The Morgan fingerprint density at radius 3 is 3.00 bits per heavy atom. The Labute approximate surface area is 71.0 Å². The molecular weight excluding hydrogens is 162 g/mol. The molecule has 0 spiro atoms. The van der Waals surface area contributed by atoms with Crippen molar-refractivity contribution in [2.45, 2.75) is 24.8 Å². The van der Waals surface area contributed by atoms with Crippen molar-refractivity contribution in [3.05, 3.63) is 12.8 Å². The Hall–Kier alpha value is -0.640. The molecule has 0 saturated carbocycles. The van der Waals surface area contributed by atoms with Crippen LogP contribution >= 0.6 is 0 Å². The maximum atomic E-state index is 12.8. The molecule has 12 heavy (non-hydrogen) atoms. The van der Waals surface area contributed by atoms with E-state index in [2.05, 4.69) is 17.2 Å². The van der Waals surface area contributed by atoms with Gasteiger partial charge in [0, 0.05) is 19.0 Å². The van der Waals surface area contributed by atoms with Crippen molar-refractivity contribution in [2.24, 2.45) is 0 Å². The van der Waals surface area contributed by atoms with Gasteiger partial charge in [0.25, 0.3) is 5.92 Å². The van der Waals surface area contributed by atoms with E-state index in [1.54, 1.807) is 6.20 Å². The van der Waals surface area contributed by atoms with Crippen LogP contribution < -0.4 is 10.6 Å². The third-order valence-corrected chi connectivity index (χ3v) is 1.99. The second-order valence-corrected chi connectivity index (χ2v) is 3.09. The van der Waals surface area contributed by atoms with Gasteiger partial charge in [-0.2, -0.15) is 0 Å². The minimum Gasteiger partial charge on any atom is -0.387 e. The van der Waals surface area contributed by atoms with Gasteiger partial charge in [-0.3, -0.25) is 0 Å². The molecule has 1 aliphatic rings. The summed E-state index contributed by atoms with van der Waals surface area (Å²) < 4.78 is 25.5. The number of hydrogen-bond donors (Lipinski definition) is 2. The molecular formula is C8H14F2N2. The lowest BCUT2D eigenvalue weighted by Gasteiger charge is -2.13. The summed E-state index contributed by atoms with van der Waals surface area (Å²) in [5.74, 6) is -2.54. The molecule has 1 fully saturated rings. The predicted molar refractivity (Wildman–Crippen MR) is 44.2 cm³/mol. The van der Waals surface area contributed by atoms with E-state index in [-0.39, 0.29) is 19.0 Å². The van der Waals surface area contributed by atoms with Crippen LogP contribution in [0.4, 0.5) is 8.78 Å². The molecule has 1 saturated heterocycles.